The van der Waals surface area contributed by atoms with Gasteiger partial charge >= 0.3 is 8.25 Å². The smallest absolute Gasteiger partial charge is 0.119 e. The molecule has 0 saturated carbocycles. The van der Waals surface area contributed by atoms with Crippen molar-refractivity contribution in [3.05, 3.63) is 0 Å². The zero-order chi connectivity index (χ0) is 30.3. The second kappa shape index (κ2) is 25.5. The van der Waals surface area contributed by atoms with Crippen LogP contribution in [0.1, 0.15) is 172 Å². The molecule has 0 saturated heterocycles. The van der Waals surface area contributed by atoms with Crippen molar-refractivity contribution in [3.63, 3.8) is 0 Å². The number of hydrogen-bond acceptors (Lipinski definition) is 3. The summed E-state index contributed by atoms with van der Waals surface area (Å²) in [5.41, 5.74) is 0. The van der Waals surface area contributed by atoms with Crippen LogP contribution in [0.4, 0.5) is 0 Å². The SMILES string of the molecule is CCC(CC)CC(CC(CC)CC)CC(CC)CO[P+](=O)OCC(CC)CC(CC(CC)CC)CC(CC)CC. The fraction of sp³-hybridized carbons (Fsp3) is 1.00. The summed E-state index contributed by atoms with van der Waals surface area (Å²) in [6, 6.07) is 0. The van der Waals surface area contributed by atoms with E-state index in [-0.39, 0.29) is 0 Å². The molecule has 3 nitrogen and oxygen atoms in total. The lowest BCUT2D eigenvalue weighted by Gasteiger charge is -2.28. The van der Waals surface area contributed by atoms with Crippen molar-refractivity contribution >= 4 is 8.25 Å². The van der Waals surface area contributed by atoms with E-state index in [9.17, 15) is 4.57 Å². The van der Waals surface area contributed by atoms with Crippen LogP contribution in [-0.4, -0.2) is 13.2 Å². The molecule has 0 rings (SSSR count). The minimum atomic E-state index is -2.05. The Kier molecular flexibility index (Phi) is 25.5. The van der Waals surface area contributed by atoms with Gasteiger partial charge in [-0.1, -0.05) is 133 Å². The van der Waals surface area contributed by atoms with E-state index in [2.05, 4.69) is 69.2 Å². The van der Waals surface area contributed by atoms with Gasteiger partial charge in [-0.3, -0.25) is 0 Å². The Labute approximate surface area is 254 Å². The molecule has 0 aliphatic carbocycles. The average molecular weight is 586 g/mol. The third kappa shape index (κ3) is 17.9. The van der Waals surface area contributed by atoms with Crippen LogP contribution in [-0.2, 0) is 13.6 Å². The number of hydrogen-bond donors (Lipinski definition) is 0. The first-order valence-corrected chi connectivity index (χ1v) is 19.1. The van der Waals surface area contributed by atoms with Gasteiger partial charge in [-0.2, -0.15) is 0 Å². The molecule has 2 unspecified atom stereocenters. The molecule has 2 atom stereocenters. The molecule has 0 aromatic rings. The Balaban J connectivity index is 5.01. The summed E-state index contributed by atoms with van der Waals surface area (Å²) in [5.74, 6) is 5.70. The highest BCUT2D eigenvalue weighted by molar-refractivity contribution is 7.33. The molecule has 0 bridgehead atoms. The summed E-state index contributed by atoms with van der Waals surface area (Å²) < 4.78 is 24.6. The lowest BCUT2D eigenvalue weighted by atomic mass is 9.78. The van der Waals surface area contributed by atoms with Crippen LogP contribution >= 0.6 is 8.25 Å². The van der Waals surface area contributed by atoms with Gasteiger partial charge in [-0.15, -0.1) is 9.05 Å². The molecule has 0 radical (unpaired) electrons. The van der Waals surface area contributed by atoms with Gasteiger partial charge in [0.15, 0.2) is 0 Å². The number of rotatable bonds is 28. The van der Waals surface area contributed by atoms with Gasteiger partial charge in [-0.05, 0) is 85.9 Å². The maximum absolute atomic E-state index is 12.8. The molecule has 0 aromatic heterocycles. The summed E-state index contributed by atoms with van der Waals surface area (Å²) in [5, 5.41) is 0. The fourth-order valence-electron chi connectivity index (χ4n) is 6.97. The molecule has 0 aliphatic rings. The molecule has 240 valence electrons. The van der Waals surface area contributed by atoms with Crippen LogP contribution in [0.2, 0.25) is 0 Å². The summed E-state index contributed by atoms with van der Waals surface area (Å²) in [6.45, 7) is 24.4. The Hall–Kier alpha value is 0.0200. The maximum atomic E-state index is 12.8. The van der Waals surface area contributed by atoms with Crippen LogP contribution in [0.15, 0.2) is 0 Å². The molecule has 0 aliphatic heterocycles. The minimum absolute atomic E-state index is 0.461. The highest BCUT2D eigenvalue weighted by Crippen LogP contribution is 2.36. The maximum Gasteiger partial charge on any atom is 0.697 e. The second-order valence-corrected chi connectivity index (χ2v) is 14.2. The van der Waals surface area contributed by atoms with Crippen molar-refractivity contribution in [1.29, 1.82) is 0 Å². The van der Waals surface area contributed by atoms with E-state index in [0.29, 0.717) is 25.0 Å². The first kappa shape index (κ1) is 40.0. The molecular formula is C36H74O3P+. The molecule has 4 heteroatoms. The van der Waals surface area contributed by atoms with E-state index in [0.717, 1.165) is 48.3 Å². The van der Waals surface area contributed by atoms with Gasteiger partial charge in [0.05, 0.1) is 0 Å². The van der Waals surface area contributed by atoms with Crippen LogP contribution in [0.5, 0.6) is 0 Å². The van der Waals surface area contributed by atoms with E-state index >= 15 is 0 Å². The molecule has 0 fully saturated rings. The molecular weight excluding hydrogens is 511 g/mol. The molecule has 40 heavy (non-hydrogen) atoms. The van der Waals surface area contributed by atoms with Gasteiger partial charge < -0.3 is 0 Å². The van der Waals surface area contributed by atoms with Gasteiger partial charge in [-0.25, -0.2) is 0 Å². The Bertz CT molecular complexity index is 490. The van der Waals surface area contributed by atoms with Crippen LogP contribution in [0.3, 0.4) is 0 Å². The van der Waals surface area contributed by atoms with Gasteiger partial charge in [0.2, 0.25) is 0 Å². The van der Waals surface area contributed by atoms with Crippen LogP contribution in [0.25, 0.3) is 0 Å². The summed E-state index contributed by atoms with van der Waals surface area (Å²) >= 11 is 0. The van der Waals surface area contributed by atoms with Crippen molar-refractivity contribution in [2.45, 2.75) is 172 Å². The Morgan fingerprint density at radius 3 is 0.750 bits per heavy atom. The predicted octanol–water partition coefficient (Wildman–Crippen LogP) is 13.0. The van der Waals surface area contributed by atoms with Crippen molar-refractivity contribution in [2.75, 3.05) is 13.2 Å². The lowest BCUT2D eigenvalue weighted by Crippen LogP contribution is -2.19. The van der Waals surface area contributed by atoms with E-state index in [4.69, 9.17) is 9.05 Å². The third-order valence-electron chi connectivity index (χ3n) is 10.6. The standard InChI is InChI=1S/C36H74O3P/c1-11-29(12-2)21-35(22-30(13-3)14-4)25-33(19-9)27-38-40(37)39-28-34(20-10)26-36(23-31(15-5)16-6)24-32(17-7)18-8/h29-36H,11-28H2,1-10H3/q+1. The Morgan fingerprint density at radius 1 is 0.350 bits per heavy atom. The summed E-state index contributed by atoms with van der Waals surface area (Å²) in [4.78, 5) is 0. The molecule has 0 amide bonds. The van der Waals surface area contributed by atoms with Gasteiger partial charge in [0.25, 0.3) is 0 Å². The summed E-state index contributed by atoms with van der Waals surface area (Å²) in [7, 11) is -2.05. The lowest BCUT2D eigenvalue weighted by molar-refractivity contribution is 0.142. The highest BCUT2D eigenvalue weighted by Gasteiger charge is 2.29. The topological polar surface area (TPSA) is 35.5 Å². The third-order valence-corrected chi connectivity index (χ3v) is 11.3. The van der Waals surface area contributed by atoms with Crippen molar-refractivity contribution in [1.82, 2.24) is 0 Å². The highest BCUT2D eigenvalue weighted by atomic mass is 31.1. The fourth-order valence-corrected chi connectivity index (χ4v) is 7.71. The van der Waals surface area contributed by atoms with Gasteiger partial charge in [0.1, 0.15) is 13.2 Å². The molecule has 0 aromatic carbocycles. The van der Waals surface area contributed by atoms with E-state index < -0.39 is 8.25 Å². The Morgan fingerprint density at radius 2 is 0.550 bits per heavy atom. The van der Waals surface area contributed by atoms with Crippen molar-refractivity contribution in [2.24, 2.45) is 47.3 Å². The van der Waals surface area contributed by atoms with Crippen molar-refractivity contribution in [3.8, 4) is 0 Å². The quantitative estimate of drug-likeness (QED) is 0.0857. The largest absolute Gasteiger partial charge is 0.697 e. The first-order valence-electron chi connectivity index (χ1n) is 18.0. The van der Waals surface area contributed by atoms with E-state index in [1.807, 2.05) is 0 Å². The molecule has 0 N–H and O–H groups in total. The van der Waals surface area contributed by atoms with Crippen molar-refractivity contribution < 1.29 is 13.6 Å². The van der Waals surface area contributed by atoms with E-state index in [1.165, 1.54) is 89.9 Å². The monoisotopic (exact) mass is 586 g/mol. The summed E-state index contributed by atoms with van der Waals surface area (Å²) in [6.07, 6.45) is 20.1. The first-order chi connectivity index (χ1) is 19.3. The normalized spacial score (nSPS) is 14.4. The molecule has 0 heterocycles. The van der Waals surface area contributed by atoms with E-state index in [1.54, 1.807) is 0 Å². The second-order valence-electron chi connectivity index (χ2n) is 13.2. The average Bonchev–Trinajstić information content (AvgIpc) is 2.98. The molecule has 0 spiro atoms. The predicted molar refractivity (Wildman–Crippen MR) is 178 cm³/mol. The minimum Gasteiger partial charge on any atom is -0.119 e. The zero-order valence-electron chi connectivity index (χ0n) is 29.0. The zero-order valence-corrected chi connectivity index (χ0v) is 29.9. The van der Waals surface area contributed by atoms with Gasteiger partial charge in [0, 0.05) is 4.57 Å². The van der Waals surface area contributed by atoms with Crippen LogP contribution in [0, 0.1) is 47.3 Å². The van der Waals surface area contributed by atoms with Crippen LogP contribution < -0.4 is 0 Å².